The Morgan fingerprint density at radius 3 is 2.30 bits per heavy atom. The Hall–Kier alpha value is -1.75. The molecule has 33 heavy (non-hydrogen) atoms. The lowest BCUT2D eigenvalue weighted by molar-refractivity contribution is 0.0886. The van der Waals surface area contributed by atoms with Crippen LogP contribution in [0.2, 0.25) is 0 Å². The van der Waals surface area contributed by atoms with Crippen LogP contribution in [0.3, 0.4) is 0 Å². The zero-order valence-corrected chi connectivity index (χ0v) is 21.7. The minimum atomic E-state index is -0.0988. The fraction of sp³-hybridized carbons (Fsp3) is 0.667. The lowest BCUT2D eigenvalue weighted by Gasteiger charge is -2.38. The van der Waals surface area contributed by atoms with Gasteiger partial charge in [0.25, 0.3) is 5.91 Å². The molecule has 3 saturated heterocycles. The number of amides is 3. The highest BCUT2D eigenvalue weighted by molar-refractivity contribution is 14.1. The van der Waals surface area contributed by atoms with Gasteiger partial charge in [-0.25, -0.2) is 4.79 Å². The first-order chi connectivity index (χ1) is 15.9. The second kappa shape index (κ2) is 11.1. The number of nitrogens with two attached hydrogens (primary N) is 1. The molecule has 0 atom stereocenters. The van der Waals surface area contributed by atoms with Gasteiger partial charge in [-0.05, 0) is 73.1 Å². The molecule has 0 saturated carbocycles. The van der Waals surface area contributed by atoms with E-state index in [9.17, 15) is 9.59 Å². The molecule has 0 radical (unpaired) electrons. The number of urea groups is 1. The molecule has 3 N–H and O–H groups in total. The van der Waals surface area contributed by atoms with Crippen LogP contribution >= 0.6 is 22.6 Å². The van der Waals surface area contributed by atoms with Crippen LogP contribution in [-0.2, 0) is 0 Å². The summed E-state index contributed by atoms with van der Waals surface area (Å²) in [6.45, 7) is 6.70. The highest BCUT2D eigenvalue weighted by atomic mass is 127. The molecule has 3 heterocycles. The van der Waals surface area contributed by atoms with Gasteiger partial charge < -0.3 is 30.5 Å². The molecule has 0 bridgehead atoms. The summed E-state index contributed by atoms with van der Waals surface area (Å²) in [5, 5.41) is 3.19. The summed E-state index contributed by atoms with van der Waals surface area (Å²) in [6.07, 6.45) is 6.37. The molecule has 3 fully saturated rings. The second-order valence-electron chi connectivity index (χ2n) is 9.53. The lowest BCUT2D eigenvalue weighted by Crippen LogP contribution is -2.49. The Morgan fingerprint density at radius 1 is 1.03 bits per heavy atom. The first-order valence-electron chi connectivity index (χ1n) is 12.1. The summed E-state index contributed by atoms with van der Waals surface area (Å²) in [7, 11) is 1.56. The molecular weight excluding hydrogens is 533 g/mol. The summed E-state index contributed by atoms with van der Waals surface area (Å²) < 4.78 is 6.21. The largest absolute Gasteiger partial charge is 0.496 e. The molecule has 4 rings (SSSR count). The van der Waals surface area contributed by atoms with E-state index in [0.717, 1.165) is 87.9 Å². The van der Waals surface area contributed by atoms with Crippen molar-refractivity contribution >= 4 is 40.2 Å². The Labute approximate surface area is 210 Å². The molecule has 182 valence electrons. The predicted octanol–water partition coefficient (Wildman–Crippen LogP) is 3.00. The van der Waals surface area contributed by atoms with Gasteiger partial charge in [0.15, 0.2) is 0 Å². The van der Waals surface area contributed by atoms with Crippen LogP contribution in [0.15, 0.2) is 12.1 Å². The highest BCUT2D eigenvalue weighted by Gasteiger charge is 2.30. The highest BCUT2D eigenvalue weighted by Crippen LogP contribution is 2.27. The standard InChI is InChI=1S/C24H36IN5O3/c1-33-22-15-21(26)20(25)14-19(22)23(31)27-18-6-10-28(11-7-18)16-17-4-12-30(13-5-17)24(32)29-8-2-3-9-29/h14-15,17-18H,2-13,16,26H2,1H3,(H,27,31). The quantitative estimate of drug-likeness (QED) is 0.421. The first kappa shape index (κ1) is 24.4. The van der Waals surface area contributed by atoms with E-state index in [-0.39, 0.29) is 18.0 Å². The molecule has 3 amide bonds. The molecule has 9 heteroatoms. The van der Waals surface area contributed by atoms with E-state index in [0.29, 0.717) is 22.9 Å². The summed E-state index contributed by atoms with van der Waals surface area (Å²) in [4.78, 5) is 32.0. The van der Waals surface area contributed by atoms with Gasteiger partial charge in [-0.3, -0.25) is 4.79 Å². The maximum Gasteiger partial charge on any atom is 0.319 e. The average Bonchev–Trinajstić information content (AvgIpc) is 3.37. The number of halogens is 1. The van der Waals surface area contributed by atoms with Crippen LogP contribution in [0, 0.1) is 9.49 Å². The summed E-state index contributed by atoms with van der Waals surface area (Å²) in [5.41, 5.74) is 7.10. The molecule has 1 aromatic rings. The number of benzene rings is 1. The third kappa shape index (κ3) is 6.03. The Balaban J connectivity index is 1.19. The average molecular weight is 569 g/mol. The number of likely N-dealkylation sites (tertiary alicyclic amines) is 3. The van der Waals surface area contributed by atoms with Gasteiger partial charge in [-0.2, -0.15) is 0 Å². The van der Waals surface area contributed by atoms with E-state index >= 15 is 0 Å². The third-order valence-corrected chi connectivity index (χ3v) is 8.20. The Morgan fingerprint density at radius 2 is 1.67 bits per heavy atom. The van der Waals surface area contributed by atoms with Gasteiger partial charge in [0, 0.05) is 67.2 Å². The number of hydrogen-bond acceptors (Lipinski definition) is 5. The zero-order chi connectivity index (χ0) is 23.4. The minimum absolute atomic E-state index is 0.0988. The number of hydrogen-bond donors (Lipinski definition) is 2. The van der Waals surface area contributed by atoms with Crippen molar-refractivity contribution < 1.29 is 14.3 Å². The van der Waals surface area contributed by atoms with Crippen molar-refractivity contribution in [1.29, 1.82) is 0 Å². The van der Waals surface area contributed by atoms with Crippen LogP contribution in [-0.4, -0.2) is 85.6 Å². The van der Waals surface area contributed by atoms with Gasteiger partial charge in [-0.15, -0.1) is 0 Å². The van der Waals surface area contributed by atoms with Crippen molar-refractivity contribution in [3.8, 4) is 5.75 Å². The molecule has 0 aromatic heterocycles. The molecule has 1 aromatic carbocycles. The Bertz CT molecular complexity index is 845. The second-order valence-corrected chi connectivity index (χ2v) is 10.7. The van der Waals surface area contributed by atoms with Gasteiger partial charge in [0.1, 0.15) is 5.75 Å². The zero-order valence-electron chi connectivity index (χ0n) is 19.5. The fourth-order valence-electron chi connectivity index (χ4n) is 5.22. The number of rotatable bonds is 5. The van der Waals surface area contributed by atoms with Crippen molar-refractivity contribution in [2.75, 3.05) is 58.7 Å². The molecule has 0 spiro atoms. The maximum absolute atomic E-state index is 12.9. The SMILES string of the molecule is COc1cc(N)c(I)cc1C(=O)NC1CCN(CC2CCN(C(=O)N3CCCC3)CC2)CC1. The van der Waals surface area contributed by atoms with Crippen LogP contribution in [0.1, 0.15) is 48.9 Å². The lowest BCUT2D eigenvalue weighted by atomic mass is 9.94. The number of nitrogen functional groups attached to an aromatic ring is 1. The topological polar surface area (TPSA) is 91.1 Å². The van der Waals surface area contributed by atoms with E-state index in [4.69, 9.17) is 10.5 Å². The van der Waals surface area contributed by atoms with Crippen molar-refractivity contribution in [2.24, 2.45) is 5.92 Å². The van der Waals surface area contributed by atoms with Crippen molar-refractivity contribution in [1.82, 2.24) is 20.0 Å². The first-order valence-corrected chi connectivity index (χ1v) is 13.2. The molecule has 3 aliphatic heterocycles. The van der Waals surface area contributed by atoms with Crippen molar-refractivity contribution in [3.63, 3.8) is 0 Å². The van der Waals surface area contributed by atoms with E-state index in [2.05, 4.69) is 37.7 Å². The maximum atomic E-state index is 12.9. The van der Waals surface area contributed by atoms with Gasteiger partial charge >= 0.3 is 6.03 Å². The molecule has 8 nitrogen and oxygen atoms in total. The van der Waals surface area contributed by atoms with Crippen LogP contribution in [0.25, 0.3) is 0 Å². The minimum Gasteiger partial charge on any atom is -0.496 e. The number of methoxy groups -OCH3 is 1. The summed E-state index contributed by atoms with van der Waals surface area (Å²) in [6, 6.07) is 3.92. The summed E-state index contributed by atoms with van der Waals surface area (Å²) >= 11 is 2.14. The van der Waals surface area contributed by atoms with E-state index in [1.807, 2.05) is 4.90 Å². The van der Waals surface area contributed by atoms with Crippen LogP contribution in [0.5, 0.6) is 5.75 Å². The summed E-state index contributed by atoms with van der Waals surface area (Å²) in [5.74, 6) is 1.07. The fourth-order valence-corrected chi connectivity index (χ4v) is 5.69. The Kier molecular flexibility index (Phi) is 8.21. The molecule has 3 aliphatic rings. The number of nitrogens with one attached hydrogen (secondary N) is 1. The van der Waals surface area contributed by atoms with Gasteiger partial charge in [-0.1, -0.05) is 0 Å². The van der Waals surface area contributed by atoms with Crippen molar-refractivity contribution in [3.05, 3.63) is 21.3 Å². The molecular formula is C24H36IN5O3. The van der Waals surface area contributed by atoms with E-state index in [1.165, 1.54) is 0 Å². The van der Waals surface area contributed by atoms with Crippen molar-refractivity contribution in [2.45, 2.75) is 44.6 Å². The number of carbonyl (C=O) groups is 2. The molecule has 0 unspecified atom stereocenters. The normalized spacial score (nSPS) is 20.8. The van der Waals surface area contributed by atoms with Gasteiger partial charge in [0.2, 0.25) is 0 Å². The smallest absolute Gasteiger partial charge is 0.319 e. The number of carbonyl (C=O) groups excluding carboxylic acids is 2. The number of anilines is 1. The van der Waals surface area contributed by atoms with E-state index in [1.54, 1.807) is 19.2 Å². The molecule has 0 aliphatic carbocycles. The van der Waals surface area contributed by atoms with E-state index < -0.39 is 0 Å². The number of piperidine rings is 2. The van der Waals surface area contributed by atoms with Crippen LogP contribution in [0.4, 0.5) is 10.5 Å². The predicted molar refractivity (Wildman–Crippen MR) is 138 cm³/mol. The number of ether oxygens (including phenoxy) is 1. The van der Waals surface area contributed by atoms with Gasteiger partial charge in [0.05, 0.1) is 12.7 Å². The third-order valence-electron chi connectivity index (χ3n) is 7.26. The monoisotopic (exact) mass is 569 g/mol. The number of nitrogens with zero attached hydrogens (tertiary/aromatic N) is 3. The van der Waals surface area contributed by atoms with Crippen LogP contribution < -0.4 is 15.8 Å².